The molecule has 1 heterocycles. The molecule has 194 valence electrons. The van der Waals surface area contributed by atoms with E-state index in [4.69, 9.17) is 28.5 Å². The Morgan fingerprint density at radius 1 is 1.19 bits per heavy atom. The van der Waals surface area contributed by atoms with E-state index in [2.05, 4.69) is 15.7 Å². The molecule has 0 atom stereocenters. The first-order valence-corrected chi connectivity index (χ1v) is 11.5. The van der Waals surface area contributed by atoms with Crippen LogP contribution in [0.5, 0.6) is 0 Å². The summed E-state index contributed by atoms with van der Waals surface area (Å²) in [4.78, 5) is 42.2. The normalized spacial score (nSPS) is 10.7. The van der Waals surface area contributed by atoms with E-state index in [9.17, 15) is 19.5 Å². The molecular weight excluding hydrogens is 500 g/mol. The van der Waals surface area contributed by atoms with Gasteiger partial charge >= 0.3 is 5.97 Å². The van der Waals surface area contributed by atoms with Gasteiger partial charge in [-0.1, -0.05) is 35.9 Å². The Morgan fingerprint density at radius 3 is 2.43 bits per heavy atom. The maximum absolute atomic E-state index is 13.5. The Kier molecular flexibility index (Phi) is 8.48. The summed E-state index contributed by atoms with van der Waals surface area (Å²) in [5.41, 5.74) is 15.2. The van der Waals surface area contributed by atoms with Crippen LogP contribution in [0.3, 0.4) is 0 Å². The Balaban J connectivity index is 2.03. The van der Waals surface area contributed by atoms with E-state index in [1.807, 2.05) is 0 Å². The lowest BCUT2D eigenvalue weighted by Crippen LogP contribution is -2.42. The Hall–Kier alpha value is -4.42. The number of rotatable bonds is 10. The minimum atomic E-state index is -1.22. The molecule has 3 aromatic rings. The van der Waals surface area contributed by atoms with Gasteiger partial charge in [-0.05, 0) is 30.7 Å². The average Bonchev–Trinajstić information content (AvgIpc) is 2.86. The number of carbonyl (C=O) groups excluding carboxylic acids is 1. The molecule has 1 amide bonds. The highest BCUT2D eigenvalue weighted by atomic mass is 35.5. The molecule has 12 nitrogen and oxygen atoms in total. The van der Waals surface area contributed by atoms with Gasteiger partial charge in [0.05, 0.1) is 11.3 Å². The zero-order chi connectivity index (χ0) is 27.3. The lowest BCUT2D eigenvalue weighted by atomic mass is 10.1. The van der Waals surface area contributed by atoms with Gasteiger partial charge in [0.1, 0.15) is 12.4 Å². The van der Waals surface area contributed by atoms with Gasteiger partial charge in [0.15, 0.2) is 5.15 Å². The summed E-state index contributed by atoms with van der Waals surface area (Å²) in [6.07, 6.45) is 0. The first-order valence-electron chi connectivity index (χ1n) is 11.1. The Bertz CT molecular complexity index is 1400. The molecule has 0 fully saturated rings. The third kappa shape index (κ3) is 6.23. The van der Waals surface area contributed by atoms with E-state index in [1.54, 1.807) is 38.2 Å². The van der Waals surface area contributed by atoms with Crippen LogP contribution in [0.15, 0.2) is 47.3 Å². The molecule has 0 saturated heterocycles. The third-order valence-corrected chi connectivity index (χ3v) is 5.74. The number of amidine groups is 1. The van der Waals surface area contributed by atoms with Gasteiger partial charge in [-0.15, -0.1) is 0 Å². The quantitative estimate of drug-likeness (QED) is 0.0979. The van der Waals surface area contributed by atoms with Crippen LogP contribution in [0.25, 0.3) is 11.3 Å². The van der Waals surface area contributed by atoms with E-state index < -0.39 is 24.0 Å². The maximum atomic E-state index is 13.5. The van der Waals surface area contributed by atoms with E-state index in [0.717, 1.165) is 10.1 Å². The van der Waals surface area contributed by atoms with Gasteiger partial charge < -0.3 is 21.9 Å². The van der Waals surface area contributed by atoms with Gasteiger partial charge in [0, 0.05) is 37.0 Å². The molecule has 0 aliphatic carbocycles. The minimum Gasteiger partial charge on any atom is -0.478 e. The fourth-order valence-electron chi connectivity index (χ4n) is 3.66. The van der Waals surface area contributed by atoms with Crippen molar-refractivity contribution in [1.29, 1.82) is 5.41 Å². The molecule has 3 rings (SSSR count). The van der Waals surface area contributed by atoms with Crippen molar-refractivity contribution in [3.63, 3.8) is 0 Å². The Morgan fingerprint density at radius 2 is 1.86 bits per heavy atom. The van der Waals surface area contributed by atoms with Crippen LogP contribution in [0.1, 0.15) is 28.4 Å². The number of nitrogen functional groups attached to an aromatic ring is 2. The lowest BCUT2D eigenvalue weighted by Gasteiger charge is -2.23. The molecular formula is C24H27ClN8O4. The number of benzene rings is 2. The van der Waals surface area contributed by atoms with E-state index >= 15 is 0 Å². The zero-order valence-electron chi connectivity index (χ0n) is 20.2. The number of nitrogens with one attached hydrogen (secondary N) is 3. The summed E-state index contributed by atoms with van der Waals surface area (Å²) in [7, 11) is 1.61. The van der Waals surface area contributed by atoms with Crippen LogP contribution < -0.4 is 32.8 Å². The van der Waals surface area contributed by atoms with Crippen LogP contribution in [-0.4, -0.2) is 46.0 Å². The molecule has 2 aromatic carbocycles. The topological polar surface area (TPSA) is 192 Å². The average molecular weight is 527 g/mol. The summed E-state index contributed by atoms with van der Waals surface area (Å²) in [6.45, 7) is 1.91. The number of carbonyl (C=O) groups is 2. The highest BCUT2D eigenvalue weighted by Crippen LogP contribution is 2.29. The maximum Gasteiger partial charge on any atom is 0.335 e. The van der Waals surface area contributed by atoms with Gasteiger partial charge in [0.25, 0.3) is 5.56 Å². The summed E-state index contributed by atoms with van der Waals surface area (Å²) >= 11 is 6.51. The smallest absolute Gasteiger partial charge is 0.335 e. The lowest BCUT2D eigenvalue weighted by molar-refractivity contribution is -0.121. The molecule has 8 N–H and O–H groups in total. The predicted octanol–water partition coefficient (Wildman–Crippen LogP) is 1.41. The first-order chi connectivity index (χ1) is 17.5. The molecule has 0 bridgehead atoms. The Labute approximate surface area is 217 Å². The minimum absolute atomic E-state index is 0.0336. The molecule has 0 aliphatic rings. The fraction of sp³-hybridized carbons (Fsp3) is 0.208. The number of hydrogen-bond acceptors (Lipinski definition) is 8. The second kappa shape index (κ2) is 11.5. The van der Waals surface area contributed by atoms with Crippen molar-refractivity contribution in [2.75, 3.05) is 24.3 Å². The van der Waals surface area contributed by atoms with E-state index in [0.29, 0.717) is 12.1 Å². The second-order valence-electron chi connectivity index (χ2n) is 7.97. The highest BCUT2D eigenvalue weighted by molar-refractivity contribution is 6.32. The summed E-state index contributed by atoms with van der Waals surface area (Å²) in [5, 5.41) is 21.0. The van der Waals surface area contributed by atoms with Crippen molar-refractivity contribution in [3.05, 3.63) is 74.7 Å². The number of carboxylic acid groups (broad SMARTS) is 1. The number of carboxylic acids is 1. The van der Waals surface area contributed by atoms with Crippen LogP contribution >= 0.6 is 11.6 Å². The largest absolute Gasteiger partial charge is 0.478 e. The van der Waals surface area contributed by atoms with Crippen molar-refractivity contribution >= 4 is 40.8 Å². The zero-order valence-corrected chi connectivity index (χ0v) is 21.0. The van der Waals surface area contributed by atoms with Crippen LogP contribution in [-0.2, 0) is 17.9 Å². The molecule has 13 heteroatoms. The predicted molar refractivity (Wildman–Crippen MR) is 142 cm³/mol. The third-order valence-electron chi connectivity index (χ3n) is 5.48. The van der Waals surface area contributed by atoms with Crippen molar-refractivity contribution in [2.24, 2.45) is 5.73 Å². The van der Waals surface area contributed by atoms with Gasteiger partial charge in [-0.2, -0.15) is 0 Å². The molecule has 0 radical (unpaired) electrons. The number of aromatic nitrogens is 2. The van der Waals surface area contributed by atoms with Crippen LogP contribution in [0.2, 0.25) is 5.15 Å². The number of nitrogens with zero attached hydrogens (tertiary/aromatic N) is 3. The van der Waals surface area contributed by atoms with Gasteiger partial charge in [-0.25, -0.2) is 15.2 Å². The SMILES string of the molecule is CCN(NC)c1nc(Cl)c(-c2cc(N)cc(C(=O)O)c2)n(CC(=O)NCc2ccc(C(=N)N)cc2)c1=O. The number of amides is 1. The number of hydrazine groups is 1. The van der Waals surface area contributed by atoms with E-state index in [1.165, 1.54) is 23.2 Å². The summed E-state index contributed by atoms with van der Waals surface area (Å²) < 4.78 is 1.14. The number of hydrogen-bond donors (Lipinski definition) is 6. The standard InChI is InChI=1S/C24H27ClN8O4/c1-3-33(29-2)22-23(35)32(12-18(34)30-11-13-4-6-14(7-5-13)21(27)28)19(20(25)31-22)15-8-16(24(36)37)10-17(26)9-15/h4-10,29H,3,11-12,26H2,1-2H3,(H3,27,28)(H,30,34)(H,36,37). The van der Waals surface area contributed by atoms with Crippen molar-refractivity contribution in [3.8, 4) is 11.3 Å². The molecule has 0 saturated carbocycles. The number of anilines is 2. The van der Waals surface area contributed by atoms with Crippen molar-refractivity contribution < 1.29 is 14.7 Å². The monoisotopic (exact) mass is 526 g/mol. The summed E-state index contributed by atoms with van der Waals surface area (Å²) in [6, 6.07) is 10.8. The number of halogens is 1. The molecule has 0 aliphatic heterocycles. The fourth-order valence-corrected chi connectivity index (χ4v) is 3.95. The van der Waals surface area contributed by atoms with Crippen LogP contribution in [0, 0.1) is 5.41 Å². The van der Waals surface area contributed by atoms with E-state index in [-0.39, 0.29) is 45.9 Å². The highest BCUT2D eigenvalue weighted by Gasteiger charge is 2.23. The molecule has 37 heavy (non-hydrogen) atoms. The molecule has 0 spiro atoms. The van der Waals surface area contributed by atoms with Crippen molar-refractivity contribution in [1.82, 2.24) is 20.3 Å². The van der Waals surface area contributed by atoms with Crippen molar-refractivity contribution in [2.45, 2.75) is 20.0 Å². The first kappa shape index (κ1) is 27.2. The van der Waals surface area contributed by atoms with Gasteiger partial charge in [0.2, 0.25) is 11.7 Å². The molecule has 1 aromatic heterocycles. The summed E-state index contributed by atoms with van der Waals surface area (Å²) in [5.74, 6) is -1.82. The van der Waals surface area contributed by atoms with Crippen LogP contribution in [0.4, 0.5) is 11.5 Å². The second-order valence-corrected chi connectivity index (χ2v) is 8.33. The number of aromatic carboxylic acids is 1. The van der Waals surface area contributed by atoms with Gasteiger partial charge in [-0.3, -0.25) is 24.6 Å². The molecule has 0 unspecified atom stereocenters. The number of nitrogens with two attached hydrogens (primary N) is 2.